The van der Waals surface area contributed by atoms with Gasteiger partial charge in [-0.15, -0.1) is 0 Å². The zero-order chi connectivity index (χ0) is 14.0. The van der Waals surface area contributed by atoms with Crippen LogP contribution in [0.15, 0.2) is 0 Å². The number of ether oxygens (including phenoxy) is 1. The van der Waals surface area contributed by atoms with Gasteiger partial charge in [0.2, 0.25) is 0 Å². The summed E-state index contributed by atoms with van der Waals surface area (Å²) in [5.74, 6) is 0.496. The molecule has 2 aliphatic heterocycles. The van der Waals surface area contributed by atoms with E-state index >= 15 is 0 Å². The average molecular weight is 282 g/mol. The Labute approximate surface area is 123 Å². The first kappa shape index (κ1) is 14.8. The van der Waals surface area contributed by atoms with Gasteiger partial charge >= 0.3 is 0 Å². The van der Waals surface area contributed by atoms with Crippen molar-refractivity contribution in [1.82, 2.24) is 9.80 Å². The lowest BCUT2D eigenvalue weighted by Gasteiger charge is -2.48. The highest BCUT2D eigenvalue weighted by atomic mass is 16.5. The van der Waals surface area contributed by atoms with E-state index in [1.807, 2.05) is 0 Å². The molecule has 2 saturated heterocycles. The van der Waals surface area contributed by atoms with Crippen molar-refractivity contribution >= 4 is 0 Å². The predicted molar refractivity (Wildman–Crippen MR) is 79.8 cm³/mol. The van der Waals surface area contributed by atoms with Crippen LogP contribution in [-0.2, 0) is 4.74 Å². The molecule has 1 N–H and O–H groups in total. The standard InChI is InChI=1S/C16H30N2O2/c1-2-17-9-10-20-15(12-17)13-18-8-7-16(19)6-4-3-5-14(16)11-18/h14-15,19H,2-13H2,1H3. The normalized spacial score (nSPS) is 40.5. The Morgan fingerprint density at radius 2 is 2.05 bits per heavy atom. The fourth-order valence-electron chi connectivity index (χ4n) is 4.27. The highest BCUT2D eigenvalue weighted by molar-refractivity contribution is 4.96. The molecular weight excluding hydrogens is 252 g/mol. The van der Waals surface area contributed by atoms with Crippen LogP contribution in [0.3, 0.4) is 0 Å². The quantitative estimate of drug-likeness (QED) is 0.847. The summed E-state index contributed by atoms with van der Waals surface area (Å²) in [5, 5.41) is 10.7. The van der Waals surface area contributed by atoms with Crippen molar-refractivity contribution in [2.75, 3.05) is 45.9 Å². The number of morpholine rings is 1. The molecule has 1 saturated carbocycles. The van der Waals surface area contributed by atoms with Gasteiger partial charge in [0.15, 0.2) is 0 Å². The summed E-state index contributed by atoms with van der Waals surface area (Å²) in [6.45, 7) is 9.54. The summed E-state index contributed by atoms with van der Waals surface area (Å²) in [6, 6.07) is 0. The molecule has 4 heteroatoms. The Bertz CT molecular complexity index is 326. The van der Waals surface area contributed by atoms with Crippen molar-refractivity contribution in [2.24, 2.45) is 5.92 Å². The van der Waals surface area contributed by atoms with Gasteiger partial charge in [0.25, 0.3) is 0 Å². The number of likely N-dealkylation sites (N-methyl/N-ethyl adjacent to an activating group) is 1. The van der Waals surface area contributed by atoms with E-state index in [-0.39, 0.29) is 5.60 Å². The molecule has 3 unspecified atom stereocenters. The second-order valence-corrected chi connectivity index (χ2v) is 6.94. The SMILES string of the molecule is CCN1CCOC(CN2CCC3(O)CCCCC3C2)C1. The van der Waals surface area contributed by atoms with Gasteiger partial charge in [-0.3, -0.25) is 4.90 Å². The number of nitrogens with zero attached hydrogens (tertiary/aromatic N) is 2. The van der Waals surface area contributed by atoms with Crippen LogP contribution in [0.2, 0.25) is 0 Å². The third kappa shape index (κ3) is 3.19. The fraction of sp³-hybridized carbons (Fsp3) is 1.00. The summed E-state index contributed by atoms with van der Waals surface area (Å²) >= 11 is 0. The number of piperidine rings is 1. The molecule has 0 bridgehead atoms. The zero-order valence-electron chi connectivity index (χ0n) is 12.9. The van der Waals surface area contributed by atoms with E-state index in [9.17, 15) is 5.11 Å². The molecule has 1 aliphatic carbocycles. The van der Waals surface area contributed by atoms with Gasteiger partial charge < -0.3 is 14.7 Å². The minimum absolute atomic E-state index is 0.350. The molecule has 116 valence electrons. The fourth-order valence-corrected chi connectivity index (χ4v) is 4.27. The van der Waals surface area contributed by atoms with Crippen LogP contribution in [0.25, 0.3) is 0 Å². The molecule has 2 heterocycles. The maximum atomic E-state index is 10.7. The summed E-state index contributed by atoms with van der Waals surface area (Å²) in [4.78, 5) is 5.02. The number of hydrogen-bond donors (Lipinski definition) is 1. The lowest BCUT2D eigenvalue weighted by molar-refractivity contribution is -0.109. The van der Waals surface area contributed by atoms with Crippen LogP contribution in [0.5, 0.6) is 0 Å². The number of rotatable bonds is 3. The average Bonchev–Trinajstić information content (AvgIpc) is 2.48. The third-order valence-corrected chi connectivity index (χ3v) is 5.64. The molecule has 0 aromatic rings. The Kier molecular flexibility index (Phi) is 4.65. The molecule has 4 nitrogen and oxygen atoms in total. The first-order valence-corrected chi connectivity index (χ1v) is 8.48. The van der Waals surface area contributed by atoms with Crippen molar-refractivity contribution in [3.05, 3.63) is 0 Å². The highest BCUT2D eigenvalue weighted by Gasteiger charge is 2.43. The number of fused-ring (bicyclic) bond motifs is 1. The van der Waals surface area contributed by atoms with Gasteiger partial charge in [0.05, 0.1) is 18.3 Å². The van der Waals surface area contributed by atoms with Gasteiger partial charge in [-0.1, -0.05) is 19.8 Å². The van der Waals surface area contributed by atoms with Crippen molar-refractivity contribution in [1.29, 1.82) is 0 Å². The van der Waals surface area contributed by atoms with Gasteiger partial charge in [-0.05, 0) is 25.8 Å². The topological polar surface area (TPSA) is 35.9 Å². The first-order valence-electron chi connectivity index (χ1n) is 8.48. The third-order valence-electron chi connectivity index (χ3n) is 5.64. The molecule has 3 fully saturated rings. The lowest BCUT2D eigenvalue weighted by atomic mass is 9.71. The maximum absolute atomic E-state index is 10.7. The summed E-state index contributed by atoms with van der Waals surface area (Å²) < 4.78 is 5.93. The van der Waals surface area contributed by atoms with E-state index in [4.69, 9.17) is 4.74 Å². The van der Waals surface area contributed by atoms with Crippen molar-refractivity contribution < 1.29 is 9.84 Å². The molecule has 3 rings (SSSR count). The smallest absolute Gasteiger partial charge is 0.0829 e. The van der Waals surface area contributed by atoms with Crippen LogP contribution in [0.4, 0.5) is 0 Å². The van der Waals surface area contributed by atoms with E-state index in [1.165, 1.54) is 19.3 Å². The van der Waals surface area contributed by atoms with Crippen LogP contribution < -0.4 is 0 Å². The van der Waals surface area contributed by atoms with E-state index in [0.717, 1.165) is 58.7 Å². The Morgan fingerprint density at radius 1 is 1.15 bits per heavy atom. The summed E-state index contributed by atoms with van der Waals surface area (Å²) in [7, 11) is 0. The summed E-state index contributed by atoms with van der Waals surface area (Å²) in [5.41, 5.74) is -0.350. The van der Waals surface area contributed by atoms with Crippen molar-refractivity contribution in [2.45, 2.75) is 50.7 Å². The highest BCUT2D eigenvalue weighted by Crippen LogP contribution is 2.39. The van der Waals surface area contributed by atoms with Crippen molar-refractivity contribution in [3.63, 3.8) is 0 Å². The minimum atomic E-state index is -0.350. The van der Waals surface area contributed by atoms with E-state index in [0.29, 0.717) is 12.0 Å². The molecule has 0 amide bonds. The molecule has 0 spiro atoms. The van der Waals surface area contributed by atoms with Crippen LogP contribution in [0.1, 0.15) is 39.0 Å². The molecule has 20 heavy (non-hydrogen) atoms. The minimum Gasteiger partial charge on any atom is -0.390 e. The molecule has 3 atom stereocenters. The first-order chi connectivity index (χ1) is 9.69. The van der Waals surface area contributed by atoms with E-state index in [1.54, 1.807) is 0 Å². The predicted octanol–water partition coefficient (Wildman–Crippen LogP) is 1.33. The Balaban J connectivity index is 1.51. The van der Waals surface area contributed by atoms with Gasteiger partial charge in [0, 0.05) is 38.6 Å². The van der Waals surface area contributed by atoms with Crippen LogP contribution in [-0.4, -0.2) is 72.5 Å². The second kappa shape index (κ2) is 6.30. The van der Waals surface area contributed by atoms with Crippen LogP contribution >= 0.6 is 0 Å². The maximum Gasteiger partial charge on any atom is 0.0829 e. The molecule has 0 radical (unpaired) electrons. The van der Waals surface area contributed by atoms with Gasteiger partial charge in [0.1, 0.15) is 0 Å². The van der Waals surface area contributed by atoms with Gasteiger partial charge in [-0.2, -0.15) is 0 Å². The monoisotopic (exact) mass is 282 g/mol. The molecular formula is C16H30N2O2. The van der Waals surface area contributed by atoms with E-state index < -0.39 is 0 Å². The van der Waals surface area contributed by atoms with E-state index in [2.05, 4.69) is 16.7 Å². The number of likely N-dealkylation sites (tertiary alicyclic amines) is 1. The van der Waals surface area contributed by atoms with Crippen molar-refractivity contribution in [3.8, 4) is 0 Å². The molecule has 3 aliphatic rings. The van der Waals surface area contributed by atoms with Crippen LogP contribution in [0, 0.1) is 5.92 Å². The Hall–Kier alpha value is -0.160. The number of hydrogen-bond acceptors (Lipinski definition) is 4. The number of aliphatic hydroxyl groups is 1. The molecule has 0 aromatic carbocycles. The second-order valence-electron chi connectivity index (χ2n) is 6.94. The largest absolute Gasteiger partial charge is 0.390 e. The van der Waals surface area contributed by atoms with Gasteiger partial charge in [-0.25, -0.2) is 0 Å². The zero-order valence-corrected chi connectivity index (χ0v) is 12.9. The molecule has 0 aromatic heterocycles. The summed E-state index contributed by atoms with van der Waals surface area (Å²) in [6.07, 6.45) is 6.06. The lowest BCUT2D eigenvalue weighted by Crippen LogP contribution is -2.56. The Morgan fingerprint density at radius 3 is 2.90 bits per heavy atom.